The number of ether oxygens (including phenoxy) is 5. The molecule has 17 rings (SSSR count). The first-order chi connectivity index (χ1) is 64.9. The molecule has 2 unspecified atom stereocenters. The molecule has 1 aliphatic heterocycles. The minimum absolute atomic E-state index is 0. The van der Waals surface area contributed by atoms with Crippen molar-refractivity contribution < 1.29 is 229 Å². The van der Waals surface area contributed by atoms with Gasteiger partial charge in [0, 0.05) is 103 Å². The average Bonchev–Trinajstić information content (AvgIpc) is 1.57. The van der Waals surface area contributed by atoms with Crippen molar-refractivity contribution in [3.8, 4) is 44.8 Å². The Morgan fingerprint density at radius 3 is 1.71 bits per heavy atom. The van der Waals surface area contributed by atoms with Crippen molar-refractivity contribution in [2.45, 2.75) is 118 Å². The third-order valence-corrected chi connectivity index (χ3v) is 28.8. The van der Waals surface area contributed by atoms with Crippen molar-refractivity contribution >= 4 is 124 Å². The predicted molar refractivity (Wildman–Crippen MR) is 515 cm³/mol. The summed E-state index contributed by atoms with van der Waals surface area (Å²) in [6.07, 6.45) is 4.46. The standard InChI is InChI=1S/C35H29FN2O3.C32H36FN5O3S2.C19H21NO6S3.C15H12O2.CH2O3.2Cs.H/c1-38(35(40)41-20-30-26-9-4-2-7-24(26)25-8-3-5-10-27(25)30)19-21-13-15-22(16-14-21)34-28-11-6-12-32(39)29-17-23(36)18-31(37-34)33(28)29;1-20(2)16-27(37-32(40)41-14-15-42-43-28-6-4-5-12-35-28)38-26-18-23(33)17-25-29(26)24(11-13-36-31(25)39)30(38)22-9-7-21(8-10-22)19-34-3;1-14-6-8-16(9-7-14)29(23,24)19(26-15(2)21)13-18(22)25-11-12-27-28-17-5-3-4-10-20-17;16-10-17-9-15-13-7-3-1-5-11(13)12-6-2-4-8-14(12)15;2-1-4-3;;;/h2-5,7-10,13-18,30,37H,6,11-12,19-20H2,1H3;4-10,12,17-18,20,27,34H,11,13-16,19H2,1-3H3,(H,36,39)(H,37,40);3-10,19H,11-13H2,1-2H3;1-8,10,15H,9H2;1,3H;;;/q;;;;;2*+1;-1/p-1. The summed E-state index contributed by atoms with van der Waals surface area (Å²) in [4.78, 5) is 110. The van der Waals surface area contributed by atoms with Gasteiger partial charge >= 0.3 is 162 Å². The number of aromatic amines is 1. The van der Waals surface area contributed by atoms with Gasteiger partial charge in [-0.15, -0.1) is 0 Å². The van der Waals surface area contributed by atoms with E-state index in [9.17, 15) is 46.4 Å². The normalized spacial score (nSPS) is 12.9. The zero-order valence-electron chi connectivity index (χ0n) is 77.3. The summed E-state index contributed by atoms with van der Waals surface area (Å²) in [5.41, 5.74) is 18.8. The van der Waals surface area contributed by atoms with E-state index in [2.05, 4.69) is 110 Å². The third kappa shape index (κ3) is 28.1. The van der Waals surface area contributed by atoms with Crippen molar-refractivity contribution in [2.75, 3.05) is 58.6 Å². The van der Waals surface area contributed by atoms with Crippen LogP contribution < -0.4 is 159 Å². The van der Waals surface area contributed by atoms with E-state index in [1.54, 1.807) is 47.3 Å². The van der Waals surface area contributed by atoms with Crippen LogP contribution in [0.2, 0.25) is 0 Å². The molecule has 13 aromatic rings. The summed E-state index contributed by atoms with van der Waals surface area (Å²) >= 11 is 0. The molecule has 0 spiro atoms. The van der Waals surface area contributed by atoms with Gasteiger partial charge in [0.15, 0.2) is 5.78 Å². The zero-order valence-corrected chi connectivity index (χ0v) is 92.9. The molecular weight excluding hydrogens is 2070 g/mol. The van der Waals surface area contributed by atoms with Gasteiger partial charge in [0.05, 0.1) is 28.1 Å². The molecule has 0 saturated heterocycles. The Balaban J connectivity index is 0.000000192. The van der Waals surface area contributed by atoms with Crippen molar-refractivity contribution in [1.82, 2.24) is 40.4 Å². The summed E-state index contributed by atoms with van der Waals surface area (Å²) in [6, 6.07) is 72.3. The van der Waals surface area contributed by atoms with Gasteiger partial charge in [0.25, 0.3) is 18.9 Å². The van der Waals surface area contributed by atoms with E-state index in [1.165, 1.54) is 113 Å². The number of sulfone groups is 1. The van der Waals surface area contributed by atoms with Crippen LogP contribution >= 0.6 is 43.2 Å². The Morgan fingerprint density at radius 2 is 1.17 bits per heavy atom. The number of benzene rings is 9. The molecule has 0 bridgehead atoms. The van der Waals surface area contributed by atoms with Gasteiger partial charge in [0.1, 0.15) is 54.3 Å². The van der Waals surface area contributed by atoms with Crippen molar-refractivity contribution in [3.05, 3.63) is 316 Å². The van der Waals surface area contributed by atoms with Crippen LogP contribution in [0, 0.1) is 24.5 Å². The number of rotatable bonds is 31. The molecule has 0 fully saturated rings. The number of hydrogen-bond donors (Lipinski definition) is 4. The molecule has 2 atom stereocenters. The number of H-pyrrole nitrogens is 1. The van der Waals surface area contributed by atoms with E-state index in [-0.39, 0.29) is 206 Å². The van der Waals surface area contributed by atoms with Gasteiger partial charge in [-0.05, 0) is 206 Å². The second-order valence-electron chi connectivity index (χ2n) is 32.0. The molecule has 34 heteroatoms. The zero-order chi connectivity index (χ0) is 94.8. The van der Waals surface area contributed by atoms with Gasteiger partial charge in [-0.25, -0.2) is 36.8 Å². The predicted octanol–water partition coefficient (Wildman–Crippen LogP) is 13.4. The molecule has 3 amide bonds. The molecule has 136 heavy (non-hydrogen) atoms. The van der Waals surface area contributed by atoms with Crippen molar-refractivity contribution in [2.24, 2.45) is 5.92 Å². The van der Waals surface area contributed by atoms with Crippen molar-refractivity contribution in [1.29, 1.82) is 0 Å². The maximum atomic E-state index is 15.1. The second-order valence-corrected chi connectivity index (χ2v) is 39.0. The number of aryl methyl sites for hydroxylation is 2. The molecule has 4 aliphatic rings. The number of carbonyl (C=O) groups is 8. The van der Waals surface area contributed by atoms with Crippen LogP contribution in [0.5, 0.6) is 0 Å². The minimum atomic E-state index is -4.04. The summed E-state index contributed by atoms with van der Waals surface area (Å²) in [5.74, 6) is -1.29. The van der Waals surface area contributed by atoms with Crippen LogP contribution in [-0.4, -0.2) is 146 Å². The fourth-order valence-corrected chi connectivity index (χ4v) is 21.5. The van der Waals surface area contributed by atoms with E-state index in [4.69, 9.17) is 33.7 Å². The fourth-order valence-electron chi connectivity index (χ4n) is 16.6. The number of carbonyl (C=O) groups excluding carboxylic acids is 8. The van der Waals surface area contributed by atoms with Gasteiger partial charge in [-0.2, -0.15) is 0 Å². The number of aromatic nitrogens is 4. The molecule has 5 heterocycles. The largest absolute Gasteiger partial charge is 1.00 e. The van der Waals surface area contributed by atoms with Crippen LogP contribution in [-0.2, 0) is 83.5 Å². The van der Waals surface area contributed by atoms with Crippen LogP contribution in [0.1, 0.15) is 137 Å². The third-order valence-electron chi connectivity index (χ3n) is 22.4. The molecule has 0 saturated carbocycles. The number of fused-ring (bicyclic) bond motifs is 6. The number of alkyl carbamates (subject to hydrolysis) is 1. The molecular formula is C102H100Cs2F2N8O17S5. The number of ketones is 1. The number of nitrogens with one attached hydrogen (secondary N) is 4. The summed E-state index contributed by atoms with van der Waals surface area (Å²) in [6.45, 7) is 9.98. The van der Waals surface area contributed by atoms with Crippen LogP contribution in [0.25, 0.3) is 66.6 Å². The molecule has 3 aliphatic carbocycles. The Morgan fingerprint density at radius 1 is 0.632 bits per heavy atom. The molecule has 696 valence electrons. The van der Waals surface area contributed by atoms with Gasteiger partial charge in [-0.1, -0.05) is 211 Å². The van der Waals surface area contributed by atoms with E-state index >= 15 is 4.39 Å². The van der Waals surface area contributed by atoms with Crippen LogP contribution in [0.15, 0.2) is 258 Å². The van der Waals surface area contributed by atoms with E-state index in [0.29, 0.717) is 79.1 Å². The SMILES string of the molecule is CC(=O)OC(CC(=O)OCCSSc1ccccn1)S(=O)(=O)c1ccc(C)cc1.CN(Cc1ccc(-c2[nH]c3cc(F)cc4c3c2CCCC4=O)cc1)C(=O)OCC1c2ccccc2-c2ccccc21.CNCc1ccc(-c2c3c4c(cc(F)cc4n2C(CC(C)C)NC(=O)OCCSSc2ccccn2)C(=O)NCC3)cc1.O=COCC1c2ccccc2-c2ccccc21.O=CO[O-].[Cs+].[Cs+].[H-]. The van der Waals surface area contributed by atoms with Gasteiger partial charge in [-0.3, -0.25) is 28.8 Å². The number of esters is 2. The minimum Gasteiger partial charge on any atom is -1.00 e. The molecule has 4 aromatic heterocycles. The maximum Gasteiger partial charge on any atom is 1.00 e. The summed E-state index contributed by atoms with van der Waals surface area (Å²) in [5, 5.41) is 20.9. The second kappa shape index (κ2) is 53.0. The fraction of sp³-hybridized carbons (Fsp3) is 0.255. The van der Waals surface area contributed by atoms with Crippen LogP contribution in [0.4, 0.5) is 18.4 Å². The number of halogens is 2. The number of amides is 3. The Hall–Kier alpha value is -8.85. The monoisotopic (exact) mass is 2170 g/mol. The Bertz CT molecular complexity index is 6370. The molecule has 0 radical (unpaired) electrons. The van der Waals surface area contributed by atoms with Gasteiger partial charge < -0.3 is 65.7 Å². The first-order valence-corrected chi connectivity index (χ1v) is 49.5. The van der Waals surface area contributed by atoms with E-state index in [1.807, 2.05) is 140 Å². The van der Waals surface area contributed by atoms with E-state index in [0.717, 1.165) is 97.5 Å². The number of pyridine rings is 2. The number of Topliss-reactive ketones (excluding diaryl/α,β-unsaturated/α-hetero) is 1. The first kappa shape index (κ1) is 108. The Labute approximate surface area is 922 Å². The van der Waals surface area contributed by atoms with Crippen molar-refractivity contribution in [3.63, 3.8) is 0 Å². The number of nitrogens with zero attached hydrogens (tertiary/aromatic N) is 4. The van der Waals surface area contributed by atoms with Gasteiger partial charge in [0.2, 0.25) is 15.3 Å². The first-order valence-electron chi connectivity index (χ1n) is 43.3. The molecule has 9 aromatic carbocycles. The number of hydrogen-bond acceptors (Lipinski definition) is 24. The quantitative estimate of drug-likeness (QED) is 0.00596. The topological polar surface area (TPSA) is 335 Å². The summed E-state index contributed by atoms with van der Waals surface area (Å²) < 4.78 is 83.2. The Kier molecular flexibility index (Phi) is 41.9. The smallest absolute Gasteiger partial charge is 1.00 e. The summed E-state index contributed by atoms with van der Waals surface area (Å²) in [7, 11) is 5.59. The molecule has 4 N–H and O–H groups in total. The van der Waals surface area contributed by atoms with E-state index < -0.39 is 57.5 Å². The average molecular weight is 2170 g/mol. The van der Waals surface area contributed by atoms with Crippen LogP contribution in [0.3, 0.4) is 0 Å². The molecule has 25 nitrogen and oxygen atoms in total. The maximum absolute atomic E-state index is 15.1.